The second-order valence-electron chi connectivity index (χ2n) is 8.54. The number of nitriles is 1. The summed E-state index contributed by atoms with van der Waals surface area (Å²) < 4.78 is 21.7. The van der Waals surface area contributed by atoms with Gasteiger partial charge in [0.1, 0.15) is 17.3 Å². The summed E-state index contributed by atoms with van der Waals surface area (Å²) in [5.41, 5.74) is 2.63. The van der Waals surface area contributed by atoms with E-state index in [2.05, 4.69) is 5.10 Å². The van der Waals surface area contributed by atoms with Crippen LogP contribution < -0.4 is 4.74 Å². The molecule has 182 valence electrons. The molecule has 4 rings (SSSR count). The van der Waals surface area contributed by atoms with E-state index in [0.717, 1.165) is 10.6 Å². The molecule has 0 saturated carbocycles. The predicted molar refractivity (Wildman–Crippen MR) is 133 cm³/mol. The van der Waals surface area contributed by atoms with Crippen LogP contribution in [-0.4, -0.2) is 39.1 Å². The molecule has 0 aliphatic carbocycles. The summed E-state index contributed by atoms with van der Waals surface area (Å²) in [6.07, 6.45) is 3.34. The highest BCUT2D eigenvalue weighted by Gasteiger charge is 2.37. The maximum Gasteiger partial charge on any atom is 0.271 e. The van der Waals surface area contributed by atoms with E-state index in [1.54, 1.807) is 50.7 Å². The Balaban J connectivity index is 1.93. The molecule has 2 amide bonds. The topological polar surface area (TPSA) is 88.2 Å². The van der Waals surface area contributed by atoms with Gasteiger partial charge in [-0.25, -0.2) is 9.07 Å². The van der Waals surface area contributed by atoms with Crippen molar-refractivity contribution in [3.63, 3.8) is 0 Å². The maximum absolute atomic E-state index is 14.7. The van der Waals surface area contributed by atoms with Gasteiger partial charge in [-0.3, -0.25) is 14.5 Å². The Bertz CT molecular complexity index is 1450. The second-order valence-corrected chi connectivity index (χ2v) is 8.54. The van der Waals surface area contributed by atoms with Crippen molar-refractivity contribution in [3.05, 3.63) is 82.8 Å². The van der Waals surface area contributed by atoms with Gasteiger partial charge in [-0.2, -0.15) is 10.4 Å². The minimum absolute atomic E-state index is 0.0846. The fourth-order valence-corrected chi connectivity index (χ4v) is 4.08. The maximum atomic E-state index is 14.7. The SMILES string of the molecule is CCOc1ccc(-c2nn(-c3ccccc3)cc2/C=C2/C(=O)N(C(C)C)C(=O)C(C#N)=C2C)cc1F. The van der Waals surface area contributed by atoms with Crippen LogP contribution in [0.2, 0.25) is 0 Å². The van der Waals surface area contributed by atoms with Gasteiger partial charge in [-0.15, -0.1) is 0 Å². The monoisotopic (exact) mass is 484 g/mol. The molecule has 0 saturated heterocycles. The molecule has 1 aliphatic heterocycles. The van der Waals surface area contributed by atoms with E-state index in [4.69, 9.17) is 4.74 Å². The number of ether oxygens (including phenoxy) is 1. The zero-order valence-electron chi connectivity index (χ0n) is 20.4. The van der Waals surface area contributed by atoms with E-state index < -0.39 is 23.7 Å². The smallest absolute Gasteiger partial charge is 0.271 e. The summed E-state index contributed by atoms with van der Waals surface area (Å²) in [4.78, 5) is 27.2. The van der Waals surface area contributed by atoms with Crippen LogP contribution in [-0.2, 0) is 9.59 Å². The molecule has 2 aromatic carbocycles. The first kappa shape index (κ1) is 24.6. The molecule has 3 aromatic rings. The molecular weight excluding hydrogens is 459 g/mol. The van der Waals surface area contributed by atoms with Crippen molar-refractivity contribution < 1.29 is 18.7 Å². The molecule has 0 unspecified atom stereocenters. The van der Waals surface area contributed by atoms with Gasteiger partial charge in [0.15, 0.2) is 11.6 Å². The number of aromatic nitrogens is 2. The summed E-state index contributed by atoms with van der Waals surface area (Å²) in [5, 5.41) is 14.3. The van der Waals surface area contributed by atoms with Gasteiger partial charge in [-0.05, 0) is 69.7 Å². The number of hydrogen-bond acceptors (Lipinski definition) is 5. The summed E-state index contributed by atoms with van der Waals surface area (Å²) in [6, 6.07) is 15.4. The molecule has 1 aliphatic rings. The number of amides is 2. The van der Waals surface area contributed by atoms with Gasteiger partial charge >= 0.3 is 0 Å². The number of carbonyl (C=O) groups is 2. The third-order valence-electron chi connectivity index (χ3n) is 5.86. The molecule has 36 heavy (non-hydrogen) atoms. The Morgan fingerprint density at radius 3 is 2.47 bits per heavy atom. The van der Waals surface area contributed by atoms with Crippen molar-refractivity contribution in [2.75, 3.05) is 6.61 Å². The molecule has 0 atom stereocenters. The molecule has 0 spiro atoms. The minimum Gasteiger partial charge on any atom is -0.491 e. The number of rotatable bonds is 6. The van der Waals surface area contributed by atoms with Crippen molar-refractivity contribution in [1.29, 1.82) is 5.26 Å². The van der Waals surface area contributed by atoms with Crippen LogP contribution >= 0.6 is 0 Å². The van der Waals surface area contributed by atoms with Crippen molar-refractivity contribution in [2.45, 2.75) is 33.7 Å². The quantitative estimate of drug-likeness (QED) is 0.360. The molecule has 0 fully saturated rings. The second kappa shape index (κ2) is 10.0. The number of imide groups is 1. The Morgan fingerprint density at radius 2 is 1.86 bits per heavy atom. The van der Waals surface area contributed by atoms with Crippen LogP contribution in [0.25, 0.3) is 23.0 Å². The standard InChI is InChI=1S/C28H25FN4O3/c1-5-36-25-12-11-19(14-24(25)29)26-20(16-32(31-26)21-9-7-6-8-10-21)13-22-18(4)23(15-30)28(35)33(17(2)3)27(22)34/h6-14,16-17H,5H2,1-4H3/b22-13+. The van der Waals surface area contributed by atoms with E-state index in [1.165, 1.54) is 12.1 Å². The van der Waals surface area contributed by atoms with Crippen LogP contribution in [0.4, 0.5) is 4.39 Å². The normalized spacial score (nSPS) is 15.1. The highest BCUT2D eigenvalue weighted by molar-refractivity contribution is 6.20. The van der Waals surface area contributed by atoms with Gasteiger partial charge in [0.05, 0.1) is 12.3 Å². The van der Waals surface area contributed by atoms with Crippen molar-refractivity contribution >= 4 is 17.9 Å². The predicted octanol–water partition coefficient (Wildman–Crippen LogP) is 5.08. The zero-order chi connectivity index (χ0) is 26.0. The van der Waals surface area contributed by atoms with Crippen LogP contribution in [0.5, 0.6) is 5.75 Å². The van der Waals surface area contributed by atoms with Crippen LogP contribution in [0.1, 0.15) is 33.3 Å². The van der Waals surface area contributed by atoms with Crippen LogP contribution in [0, 0.1) is 17.1 Å². The minimum atomic E-state index is -0.610. The fourth-order valence-electron chi connectivity index (χ4n) is 4.08. The number of benzene rings is 2. The van der Waals surface area contributed by atoms with E-state index in [-0.39, 0.29) is 16.9 Å². The van der Waals surface area contributed by atoms with Gasteiger partial charge < -0.3 is 4.74 Å². The van der Waals surface area contributed by atoms with E-state index in [1.807, 2.05) is 36.4 Å². The average Bonchev–Trinajstić information content (AvgIpc) is 3.28. The lowest BCUT2D eigenvalue weighted by Crippen LogP contribution is -2.46. The lowest BCUT2D eigenvalue weighted by Gasteiger charge is -2.30. The summed E-state index contributed by atoms with van der Waals surface area (Å²) in [5.74, 6) is -1.51. The van der Waals surface area contributed by atoms with E-state index in [9.17, 15) is 19.2 Å². The molecule has 0 bridgehead atoms. The summed E-state index contributed by atoms with van der Waals surface area (Å²) in [7, 11) is 0. The van der Waals surface area contributed by atoms with Crippen molar-refractivity contribution in [1.82, 2.24) is 14.7 Å². The molecular formula is C28H25FN4O3. The Kier molecular flexibility index (Phi) is 6.84. The molecule has 0 radical (unpaired) electrons. The zero-order valence-corrected chi connectivity index (χ0v) is 20.4. The number of nitrogens with zero attached hydrogens (tertiary/aromatic N) is 4. The Labute approximate surface area is 208 Å². The lowest BCUT2D eigenvalue weighted by atomic mass is 9.92. The van der Waals surface area contributed by atoms with E-state index in [0.29, 0.717) is 29.0 Å². The number of halogens is 1. The highest BCUT2D eigenvalue weighted by atomic mass is 19.1. The Morgan fingerprint density at radius 1 is 1.14 bits per heavy atom. The first-order valence-electron chi connectivity index (χ1n) is 11.6. The van der Waals surface area contributed by atoms with Crippen LogP contribution in [0.3, 0.4) is 0 Å². The third-order valence-corrected chi connectivity index (χ3v) is 5.86. The number of carbonyl (C=O) groups excluding carboxylic acids is 2. The first-order chi connectivity index (χ1) is 17.3. The highest BCUT2D eigenvalue weighted by Crippen LogP contribution is 2.33. The Hall–Kier alpha value is -4.51. The number of hydrogen-bond donors (Lipinski definition) is 0. The lowest BCUT2D eigenvalue weighted by molar-refractivity contribution is -0.142. The van der Waals surface area contributed by atoms with Gasteiger partial charge in [0.25, 0.3) is 11.8 Å². The molecule has 7 nitrogen and oxygen atoms in total. The van der Waals surface area contributed by atoms with Crippen LogP contribution in [0.15, 0.2) is 71.4 Å². The van der Waals surface area contributed by atoms with E-state index >= 15 is 0 Å². The van der Waals surface area contributed by atoms with Gasteiger partial charge in [0, 0.05) is 28.9 Å². The summed E-state index contributed by atoms with van der Waals surface area (Å²) >= 11 is 0. The average molecular weight is 485 g/mol. The van der Waals surface area contributed by atoms with Crippen molar-refractivity contribution in [2.24, 2.45) is 0 Å². The van der Waals surface area contributed by atoms with Gasteiger partial charge in [0.2, 0.25) is 0 Å². The first-order valence-corrected chi connectivity index (χ1v) is 11.6. The number of para-hydroxylation sites is 1. The molecule has 2 heterocycles. The van der Waals surface area contributed by atoms with Gasteiger partial charge in [-0.1, -0.05) is 18.2 Å². The molecule has 8 heteroatoms. The molecule has 0 N–H and O–H groups in total. The third kappa shape index (κ3) is 4.43. The molecule has 1 aromatic heterocycles. The fraction of sp³-hybridized carbons (Fsp3) is 0.214. The summed E-state index contributed by atoms with van der Waals surface area (Å²) in [6.45, 7) is 7.11. The van der Waals surface area contributed by atoms with Crippen molar-refractivity contribution in [3.8, 4) is 28.8 Å². The largest absolute Gasteiger partial charge is 0.491 e.